The van der Waals surface area contributed by atoms with Crippen molar-refractivity contribution >= 4 is 5.91 Å². The lowest BCUT2D eigenvalue weighted by Crippen LogP contribution is -2.49. The zero-order chi connectivity index (χ0) is 19.1. The van der Waals surface area contributed by atoms with Crippen LogP contribution in [0.25, 0.3) is 0 Å². The quantitative estimate of drug-likeness (QED) is 0.558. The van der Waals surface area contributed by atoms with Gasteiger partial charge in [-0.15, -0.1) is 0 Å². The highest BCUT2D eigenvalue weighted by Crippen LogP contribution is 2.46. The van der Waals surface area contributed by atoms with E-state index in [0.29, 0.717) is 25.0 Å². The number of fused-ring (bicyclic) bond motifs is 2. The van der Waals surface area contributed by atoms with Crippen LogP contribution in [0.15, 0.2) is 22.8 Å². The summed E-state index contributed by atoms with van der Waals surface area (Å²) in [5, 5.41) is 11.6. The molecule has 1 N–H and O–H groups in total. The van der Waals surface area contributed by atoms with Gasteiger partial charge >= 0.3 is 0 Å². The number of hydrogen-bond donors (Lipinski definition) is 1. The SMILES string of the molecule is CCN1C(=O)C(C)=C2CC/C(C)=C/CC[C@]3(C)O[C@H]3CC[C@@H](C)CC21O. The monoisotopic (exact) mass is 361 g/mol. The van der Waals surface area contributed by atoms with Gasteiger partial charge in [-0.3, -0.25) is 4.79 Å². The van der Waals surface area contributed by atoms with E-state index in [1.165, 1.54) is 5.57 Å². The van der Waals surface area contributed by atoms with Crippen molar-refractivity contribution < 1.29 is 14.6 Å². The summed E-state index contributed by atoms with van der Waals surface area (Å²) >= 11 is 0. The van der Waals surface area contributed by atoms with Gasteiger partial charge in [0.1, 0.15) is 0 Å². The lowest BCUT2D eigenvalue weighted by atomic mass is 9.85. The van der Waals surface area contributed by atoms with Crippen LogP contribution < -0.4 is 0 Å². The number of epoxide rings is 1. The maximum Gasteiger partial charge on any atom is 0.252 e. The standard InChI is InChI=1S/C22H35NO3/c1-6-23-20(24)17(4)18-11-9-15(2)8-7-13-21(5)19(26-21)12-10-16(3)14-22(18,23)25/h8,16,19,25H,6-7,9-14H2,1-5H3/b15-8+/t16-,19+,21+,22?/m1/s1. The van der Waals surface area contributed by atoms with Gasteiger partial charge in [-0.25, -0.2) is 0 Å². The van der Waals surface area contributed by atoms with Crippen molar-refractivity contribution in [3.8, 4) is 0 Å². The molecule has 0 bridgehead atoms. The fourth-order valence-electron chi connectivity index (χ4n) is 4.92. The van der Waals surface area contributed by atoms with E-state index in [0.717, 1.165) is 49.7 Å². The van der Waals surface area contributed by atoms with E-state index in [4.69, 9.17) is 4.74 Å². The zero-order valence-electron chi connectivity index (χ0n) is 17.1. The van der Waals surface area contributed by atoms with Crippen molar-refractivity contribution in [3.05, 3.63) is 22.8 Å². The summed E-state index contributed by atoms with van der Waals surface area (Å²) in [6.45, 7) is 11.0. The zero-order valence-corrected chi connectivity index (χ0v) is 17.1. The van der Waals surface area contributed by atoms with Crippen molar-refractivity contribution in [2.45, 2.75) is 97.0 Å². The fourth-order valence-corrected chi connectivity index (χ4v) is 4.92. The Bertz CT molecular complexity index is 637. The van der Waals surface area contributed by atoms with Crippen LogP contribution in [-0.4, -0.2) is 39.9 Å². The van der Waals surface area contributed by atoms with Crippen LogP contribution in [0.3, 0.4) is 0 Å². The average molecular weight is 362 g/mol. The van der Waals surface area contributed by atoms with Gasteiger partial charge in [0, 0.05) is 18.5 Å². The van der Waals surface area contributed by atoms with Crippen LogP contribution in [0.2, 0.25) is 0 Å². The van der Waals surface area contributed by atoms with Gasteiger partial charge < -0.3 is 14.7 Å². The number of aliphatic hydroxyl groups is 1. The lowest BCUT2D eigenvalue weighted by Gasteiger charge is -2.38. The van der Waals surface area contributed by atoms with E-state index < -0.39 is 5.72 Å². The Labute approximate surface area is 158 Å². The Kier molecular flexibility index (Phi) is 5.38. The first-order valence-corrected chi connectivity index (χ1v) is 10.3. The van der Waals surface area contributed by atoms with Gasteiger partial charge in [0.05, 0.1) is 11.7 Å². The van der Waals surface area contributed by atoms with Gasteiger partial charge in [-0.05, 0) is 77.7 Å². The van der Waals surface area contributed by atoms with E-state index in [1.807, 2.05) is 13.8 Å². The third kappa shape index (κ3) is 3.50. The molecule has 0 radical (unpaired) electrons. The van der Waals surface area contributed by atoms with Crippen LogP contribution in [0.4, 0.5) is 0 Å². The van der Waals surface area contributed by atoms with Gasteiger partial charge in [0.2, 0.25) is 0 Å². The van der Waals surface area contributed by atoms with E-state index in [9.17, 15) is 9.90 Å². The first-order valence-electron chi connectivity index (χ1n) is 10.3. The van der Waals surface area contributed by atoms with Gasteiger partial charge in [0.25, 0.3) is 5.91 Å². The Hall–Kier alpha value is -1.13. The van der Waals surface area contributed by atoms with Crippen molar-refractivity contribution in [2.75, 3.05) is 6.54 Å². The molecule has 0 aromatic carbocycles. The van der Waals surface area contributed by atoms with E-state index >= 15 is 0 Å². The van der Waals surface area contributed by atoms with Crippen molar-refractivity contribution in [3.63, 3.8) is 0 Å². The molecule has 1 amide bonds. The highest BCUT2D eigenvalue weighted by molar-refractivity contribution is 5.97. The highest BCUT2D eigenvalue weighted by atomic mass is 16.6. The summed E-state index contributed by atoms with van der Waals surface area (Å²) in [6, 6.07) is 0. The molecule has 0 aromatic rings. The molecule has 146 valence electrons. The molecule has 0 spiro atoms. The second-order valence-electron chi connectivity index (χ2n) is 8.86. The van der Waals surface area contributed by atoms with Crippen molar-refractivity contribution in [1.82, 2.24) is 4.90 Å². The molecular weight excluding hydrogens is 326 g/mol. The van der Waals surface area contributed by atoms with Crippen LogP contribution in [-0.2, 0) is 9.53 Å². The summed E-state index contributed by atoms with van der Waals surface area (Å²) in [6.07, 6.45) is 9.11. The Morgan fingerprint density at radius 2 is 2.04 bits per heavy atom. The molecule has 4 heteroatoms. The predicted octanol–water partition coefficient (Wildman–Crippen LogP) is 4.34. The molecule has 2 aliphatic heterocycles. The van der Waals surface area contributed by atoms with Crippen LogP contribution in [0.5, 0.6) is 0 Å². The second-order valence-corrected chi connectivity index (χ2v) is 8.86. The topological polar surface area (TPSA) is 53.1 Å². The number of carbonyl (C=O) groups is 1. The van der Waals surface area contributed by atoms with Gasteiger partial charge in [-0.2, -0.15) is 0 Å². The molecule has 1 aliphatic carbocycles. The fraction of sp³-hybridized carbons (Fsp3) is 0.773. The minimum atomic E-state index is -1.12. The minimum absolute atomic E-state index is 0.00116. The first kappa shape index (κ1) is 19.6. The molecule has 1 saturated heterocycles. The Morgan fingerprint density at radius 3 is 2.73 bits per heavy atom. The number of allylic oxidation sites excluding steroid dienone is 2. The Morgan fingerprint density at radius 1 is 1.31 bits per heavy atom. The summed E-state index contributed by atoms with van der Waals surface area (Å²) < 4.78 is 5.99. The third-order valence-electron chi connectivity index (χ3n) is 6.76. The number of rotatable bonds is 1. The molecule has 26 heavy (non-hydrogen) atoms. The molecular formula is C22H35NO3. The lowest BCUT2D eigenvalue weighted by molar-refractivity contribution is -0.145. The molecule has 4 nitrogen and oxygen atoms in total. The molecule has 1 fully saturated rings. The molecule has 2 heterocycles. The van der Waals surface area contributed by atoms with E-state index in [-0.39, 0.29) is 11.5 Å². The summed E-state index contributed by atoms with van der Waals surface area (Å²) in [7, 11) is 0. The summed E-state index contributed by atoms with van der Waals surface area (Å²) in [5.74, 6) is 0.344. The van der Waals surface area contributed by atoms with Gasteiger partial charge in [0.15, 0.2) is 5.72 Å². The average Bonchev–Trinajstić information content (AvgIpc) is 3.17. The largest absolute Gasteiger partial charge is 0.367 e. The minimum Gasteiger partial charge on any atom is -0.367 e. The molecule has 3 rings (SSSR count). The number of hydrogen-bond acceptors (Lipinski definition) is 3. The van der Waals surface area contributed by atoms with Crippen LogP contribution >= 0.6 is 0 Å². The first-order chi connectivity index (χ1) is 12.2. The molecule has 0 aromatic heterocycles. The number of amides is 1. The maximum absolute atomic E-state index is 12.7. The molecule has 4 atom stereocenters. The smallest absolute Gasteiger partial charge is 0.252 e. The van der Waals surface area contributed by atoms with E-state index in [1.54, 1.807) is 4.90 Å². The number of carbonyl (C=O) groups excluding carboxylic acids is 1. The normalized spacial score (nSPS) is 41.2. The summed E-state index contributed by atoms with van der Waals surface area (Å²) in [5.41, 5.74) is 1.94. The van der Waals surface area contributed by atoms with Crippen molar-refractivity contribution in [1.29, 1.82) is 0 Å². The maximum atomic E-state index is 12.7. The van der Waals surface area contributed by atoms with Gasteiger partial charge in [-0.1, -0.05) is 18.6 Å². The second kappa shape index (κ2) is 7.12. The third-order valence-corrected chi connectivity index (χ3v) is 6.76. The van der Waals surface area contributed by atoms with Crippen molar-refractivity contribution in [2.24, 2.45) is 5.92 Å². The Balaban J connectivity index is 1.87. The molecule has 0 saturated carbocycles. The van der Waals surface area contributed by atoms with E-state index in [2.05, 4.69) is 26.8 Å². The van der Waals surface area contributed by atoms with Crippen LogP contribution in [0, 0.1) is 5.92 Å². The highest BCUT2D eigenvalue weighted by Gasteiger charge is 2.52. The summed E-state index contributed by atoms with van der Waals surface area (Å²) in [4.78, 5) is 14.4. The number of nitrogens with zero attached hydrogens (tertiary/aromatic N) is 1. The molecule has 1 unspecified atom stereocenters. The number of likely N-dealkylation sites (N-methyl/N-ethyl adjacent to an activating group) is 1. The number of ether oxygens (including phenoxy) is 1. The van der Waals surface area contributed by atoms with Crippen LogP contribution in [0.1, 0.15) is 79.6 Å². The predicted molar refractivity (Wildman–Crippen MR) is 104 cm³/mol. The molecule has 3 aliphatic rings.